The van der Waals surface area contributed by atoms with Gasteiger partial charge in [-0.2, -0.15) is 0 Å². The molecular formula is C8H10N4O2. The Morgan fingerprint density at radius 2 is 1.93 bits per heavy atom. The highest BCUT2D eigenvalue weighted by atomic mass is 16.2. The van der Waals surface area contributed by atoms with Crippen LogP contribution in [-0.2, 0) is 14.1 Å². The summed E-state index contributed by atoms with van der Waals surface area (Å²) in [6.07, 6.45) is 0. The van der Waals surface area contributed by atoms with Gasteiger partial charge in [0.05, 0.1) is 5.52 Å². The first-order valence-electron chi connectivity index (χ1n) is 4.06. The Hall–Kier alpha value is -1.98. The van der Waals surface area contributed by atoms with Crippen molar-refractivity contribution < 1.29 is 0 Å². The van der Waals surface area contributed by atoms with Gasteiger partial charge in [-0.05, 0) is 0 Å². The summed E-state index contributed by atoms with van der Waals surface area (Å²) in [5, 5.41) is 0. The Balaban J connectivity index is 3.18. The van der Waals surface area contributed by atoms with Crippen molar-refractivity contribution in [3.63, 3.8) is 0 Å². The maximum atomic E-state index is 11.5. The minimum Gasteiger partial charge on any atom is -0.385 e. The first kappa shape index (κ1) is 8.61. The highest BCUT2D eigenvalue weighted by Crippen LogP contribution is 2.07. The molecule has 2 heterocycles. The van der Waals surface area contributed by atoms with Crippen LogP contribution < -0.4 is 17.0 Å². The lowest BCUT2D eigenvalue weighted by atomic mass is 10.4. The molecule has 6 heteroatoms. The fraction of sp³-hybridized carbons (Fsp3) is 0.250. The van der Waals surface area contributed by atoms with Crippen LogP contribution in [0.5, 0.6) is 0 Å². The van der Waals surface area contributed by atoms with Crippen LogP contribution in [0.15, 0.2) is 15.7 Å². The molecule has 14 heavy (non-hydrogen) atoms. The second-order valence-electron chi connectivity index (χ2n) is 3.19. The SMILES string of the molecule is Cn1c(=O)n(C)c2c(=O)[nH]c(N)cc21. The minimum atomic E-state index is -0.347. The Labute approximate surface area is 78.6 Å². The predicted molar refractivity (Wildman–Crippen MR) is 53.2 cm³/mol. The van der Waals surface area contributed by atoms with Crippen LogP contribution in [0.25, 0.3) is 11.0 Å². The monoisotopic (exact) mass is 194 g/mol. The fourth-order valence-electron chi connectivity index (χ4n) is 1.56. The van der Waals surface area contributed by atoms with Crippen LogP contribution in [0.3, 0.4) is 0 Å². The first-order chi connectivity index (χ1) is 6.52. The highest BCUT2D eigenvalue weighted by Gasteiger charge is 2.11. The second-order valence-corrected chi connectivity index (χ2v) is 3.19. The maximum absolute atomic E-state index is 11.5. The number of nitrogens with two attached hydrogens (primary N) is 1. The van der Waals surface area contributed by atoms with Gasteiger partial charge in [-0.25, -0.2) is 4.79 Å². The van der Waals surface area contributed by atoms with Gasteiger partial charge < -0.3 is 10.7 Å². The number of aromatic nitrogens is 3. The predicted octanol–water partition coefficient (Wildman–Crippen LogP) is -0.853. The van der Waals surface area contributed by atoms with Crippen LogP contribution in [0.2, 0.25) is 0 Å². The summed E-state index contributed by atoms with van der Waals surface area (Å²) >= 11 is 0. The molecule has 0 bridgehead atoms. The lowest BCUT2D eigenvalue weighted by molar-refractivity contribution is 0.794. The number of rotatable bonds is 0. The van der Waals surface area contributed by atoms with Crippen molar-refractivity contribution in [1.29, 1.82) is 0 Å². The van der Waals surface area contributed by atoms with Crippen LogP contribution >= 0.6 is 0 Å². The lowest BCUT2D eigenvalue weighted by Gasteiger charge is -1.95. The van der Waals surface area contributed by atoms with Gasteiger partial charge in [0, 0.05) is 20.2 Å². The summed E-state index contributed by atoms with van der Waals surface area (Å²) in [7, 11) is 3.15. The summed E-state index contributed by atoms with van der Waals surface area (Å²) in [5.41, 5.74) is 5.77. The summed E-state index contributed by atoms with van der Waals surface area (Å²) in [6, 6.07) is 1.57. The van der Waals surface area contributed by atoms with E-state index in [-0.39, 0.29) is 17.1 Å². The molecule has 2 aromatic rings. The van der Waals surface area contributed by atoms with Crippen molar-refractivity contribution in [2.75, 3.05) is 5.73 Å². The van der Waals surface area contributed by atoms with Crippen molar-refractivity contribution in [3.8, 4) is 0 Å². The Bertz CT molecular complexity index is 617. The smallest absolute Gasteiger partial charge is 0.328 e. The Morgan fingerprint density at radius 3 is 2.57 bits per heavy atom. The van der Waals surface area contributed by atoms with E-state index in [0.29, 0.717) is 11.0 Å². The van der Waals surface area contributed by atoms with Gasteiger partial charge in [-0.3, -0.25) is 13.9 Å². The molecule has 0 atom stereocenters. The number of pyridine rings is 1. The van der Waals surface area contributed by atoms with E-state index in [2.05, 4.69) is 4.98 Å². The molecule has 0 aliphatic rings. The van der Waals surface area contributed by atoms with E-state index in [1.165, 1.54) is 9.13 Å². The molecule has 0 aliphatic heterocycles. The quantitative estimate of drug-likeness (QED) is 0.572. The highest BCUT2D eigenvalue weighted by molar-refractivity contribution is 5.77. The molecular weight excluding hydrogens is 184 g/mol. The van der Waals surface area contributed by atoms with Crippen LogP contribution in [0.1, 0.15) is 0 Å². The number of nitrogens with zero attached hydrogens (tertiary/aromatic N) is 2. The number of hydrogen-bond donors (Lipinski definition) is 2. The van der Waals surface area contributed by atoms with Crippen molar-refractivity contribution in [3.05, 3.63) is 26.9 Å². The van der Waals surface area contributed by atoms with E-state index >= 15 is 0 Å². The van der Waals surface area contributed by atoms with Crippen molar-refractivity contribution in [1.82, 2.24) is 14.1 Å². The normalized spacial score (nSPS) is 11.0. The zero-order valence-corrected chi connectivity index (χ0v) is 7.87. The van der Waals surface area contributed by atoms with Gasteiger partial charge in [0.25, 0.3) is 5.56 Å². The molecule has 0 aliphatic carbocycles. The third-order valence-electron chi connectivity index (χ3n) is 2.28. The van der Waals surface area contributed by atoms with E-state index in [4.69, 9.17) is 5.73 Å². The van der Waals surface area contributed by atoms with Crippen LogP contribution in [-0.4, -0.2) is 14.1 Å². The summed E-state index contributed by atoms with van der Waals surface area (Å²) in [6.45, 7) is 0. The molecule has 3 N–H and O–H groups in total. The summed E-state index contributed by atoms with van der Waals surface area (Å²) in [4.78, 5) is 25.4. The van der Waals surface area contributed by atoms with Gasteiger partial charge in [0.15, 0.2) is 0 Å². The van der Waals surface area contributed by atoms with Gasteiger partial charge in [0.2, 0.25) is 0 Å². The second kappa shape index (κ2) is 2.50. The molecule has 0 amide bonds. The molecule has 0 spiro atoms. The van der Waals surface area contributed by atoms with Crippen molar-refractivity contribution in [2.24, 2.45) is 14.1 Å². The molecule has 6 nitrogen and oxygen atoms in total. The van der Waals surface area contributed by atoms with E-state index < -0.39 is 0 Å². The molecule has 0 fully saturated rings. The third-order valence-corrected chi connectivity index (χ3v) is 2.28. The molecule has 2 rings (SSSR count). The van der Waals surface area contributed by atoms with Gasteiger partial charge in [0.1, 0.15) is 11.3 Å². The van der Waals surface area contributed by atoms with Gasteiger partial charge in [-0.1, -0.05) is 0 Å². The number of hydrogen-bond acceptors (Lipinski definition) is 3. The van der Waals surface area contributed by atoms with Crippen LogP contribution in [0.4, 0.5) is 5.82 Å². The van der Waals surface area contributed by atoms with Gasteiger partial charge in [-0.15, -0.1) is 0 Å². The number of H-pyrrole nitrogens is 1. The molecule has 0 unspecified atom stereocenters. The number of aryl methyl sites for hydroxylation is 2. The largest absolute Gasteiger partial charge is 0.385 e. The first-order valence-corrected chi connectivity index (χ1v) is 4.06. The molecule has 74 valence electrons. The third kappa shape index (κ3) is 0.905. The van der Waals surface area contributed by atoms with E-state index in [1.807, 2.05) is 0 Å². The van der Waals surface area contributed by atoms with Crippen LogP contribution in [0, 0.1) is 0 Å². The summed E-state index contributed by atoms with van der Waals surface area (Å²) < 4.78 is 2.69. The molecule has 0 saturated carbocycles. The number of nitrogens with one attached hydrogen (secondary N) is 1. The molecule has 0 saturated heterocycles. The fourth-order valence-corrected chi connectivity index (χ4v) is 1.56. The molecule has 2 aromatic heterocycles. The van der Waals surface area contributed by atoms with Crippen molar-refractivity contribution in [2.45, 2.75) is 0 Å². The van der Waals surface area contributed by atoms with E-state index in [0.717, 1.165) is 0 Å². The number of aromatic amines is 1. The minimum absolute atomic E-state index is 0.240. The molecule has 0 aromatic carbocycles. The standard InChI is InChI=1S/C8H10N4O2/c1-11-4-3-5(9)10-7(13)6(4)12(2)8(11)14/h3H,1-2H3,(H3,9,10,13). The van der Waals surface area contributed by atoms with E-state index in [1.54, 1.807) is 20.2 Å². The maximum Gasteiger partial charge on any atom is 0.328 e. The average molecular weight is 194 g/mol. The number of nitrogen functional groups attached to an aromatic ring is 1. The Kier molecular flexibility index (Phi) is 1.54. The van der Waals surface area contributed by atoms with E-state index in [9.17, 15) is 9.59 Å². The zero-order chi connectivity index (χ0) is 10.5. The number of anilines is 1. The van der Waals surface area contributed by atoms with Crippen molar-refractivity contribution >= 4 is 16.9 Å². The zero-order valence-electron chi connectivity index (χ0n) is 7.87. The van der Waals surface area contributed by atoms with Gasteiger partial charge >= 0.3 is 5.69 Å². The number of fused-ring (bicyclic) bond motifs is 1. The molecule has 0 radical (unpaired) electrons. The topological polar surface area (TPSA) is 85.8 Å². The lowest BCUT2D eigenvalue weighted by Crippen LogP contribution is -2.20. The average Bonchev–Trinajstić information content (AvgIpc) is 2.31. The summed E-state index contributed by atoms with van der Waals surface area (Å²) in [5.74, 6) is 0.253. The number of imidazole rings is 1. The Morgan fingerprint density at radius 1 is 1.29 bits per heavy atom.